The van der Waals surface area contributed by atoms with E-state index < -0.39 is 11.5 Å². The van der Waals surface area contributed by atoms with Crippen molar-refractivity contribution in [2.75, 3.05) is 0 Å². The number of hydrogen-bond donors (Lipinski definition) is 2. The van der Waals surface area contributed by atoms with Gasteiger partial charge in [0.1, 0.15) is 5.56 Å². The molecule has 1 atom stereocenters. The molecule has 0 aliphatic heterocycles. The van der Waals surface area contributed by atoms with E-state index in [-0.39, 0.29) is 11.6 Å². The van der Waals surface area contributed by atoms with Crippen LogP contribution in [0.25, 0.3) is 16.0 Å². The summed E-state index contributed by atoms with van der Waals surface area (Å²) in [4.78, 5) is 26.7. The third kappa shape index (κ3) is 2.47. The van der Waals surface area contributed by atoms with E-state index in [1.807, 2.05) is 13.0 Å². The van der Waals surface area contributed by atoms with Crippen LogP contribution >= 0.6 is 11.3 Å². The van der Waals surface area contributed by atoms with E-state index in [0.29, 0.717) is 5.92 Å². The number of nitrogens with zero attached hydrogens (tertiary/aromatic N) is 1. The molecule has 5 rings (SSSR count). The third-order valence-corrected chi connectivity index (χ3v) is 7.09. The van der Waals surface area contributed by atoms with Crippen LogP contribution in [0.3, 0.4) is 0 Å². The SMILES string of the molecule is Cc1c(-c2cc3c(s2)CCC3N)ccn2c(=O)c(C(=O)O)cc(C3CC3)c12. The Balaban J connectivity index is 1.77. The fraction of sp³-hybridized carbons (Fsp3) is 0.333. The van der Waals surface area contributed by atoms with Gasteiger partial charge in [0.25, 0.3) is 5.56 Å². The Hall–Kier alpha value is -2.44. The van der Waals surface area contributed by atoms with Crippen molar-refractivity contribution >= 4 is 22.8 Å². The van der Waals surface area contributed by atoms with Crippen molar-refractivity contribution in [2.24, 2.45) is 5.73 Å². The monoisotopic (exact) mass is 380 g/mol. The molecule has 0 amide bonds. The fourth-order valence-corrected chi connectivity index (χ4v) is 5.58. The number of rotatable bonds is 3. The van der Waals surface area contributed by atoms with Gasteiger partial charge >= 0.3 is 5.97 Å². The number of aromatic nitrogens is 1. The molecule has 27 heavy (non-hydrogen) atoms. The maximum Gasteiger partial charge on any atom is 0.341 e. The van der Waals surface area contributed by atoms with Crippen molar-refractivity contribution in [2.45, 2.75) is 44.6 Å². The Bertz CT molecular complexity index is 1170. The van der Waals surface area contributed by atoms with E-state index in [1.54, 1.807) is 23.6 Å². The maximum absolute atomic E-state index is 12.7. The van der Waals surface area contributed by atoms with Gasteiger partial charge in [-0.25, -0.2) is 4.79 Å². The molecule has 138 valence electrons. The smallest absolute Gasteiger partial charge is 0.341 e. The molecular weight excluding hydrogens is 360 g/mol. The van der Waals surface area contributed by atoms with Gasteiger partial charge in [-0.05, 0) is 79.0 Å². The van der Waals surface area contributed by atoms with E-state index >= 15 is 0 Å². The largest absolute Gasteiger partial charge is 0.477 e. The zero-order valence-electron chi connectivity index (χ0n) is 15.0. The summed E-state index contributed by atoms with van der Waals surface area (Å²) in [5.41, 5.74) is 10.8. The zero-order chi connectivity index (χ0) is 18.9. The van der Waals surface area contributed by atoms with Gasteiger partial charge in [0.05, 0.1) is 5.52 Å². The number of aromatic carboxylic acids is 1. The predicted molar refractivity (Wildman–Crippen MR) is 106 cm³/mol. The van der Waals surface area contributed by atoms with Crippen molar-refractivity contribution in [3.05, 3.63) is 61.9 Å². The first kappa shape index (κ1) is 16.7. The van der Waals surface area contributed by atoms with E-state index in [4.69, 9.17) is 5.73 Å². The van der Waals surface area contributed by atoms with Crippen LogP contribution in [0.2, 0.25) is 0 Å². The predicted octanol–water partition coefficient (Wildman–Crippen LogP) is 3.86. The van der Waals surface area contributed by atoms with Gasteiger partial charge in [-0.15, -0.1) is 11.3 Å². The average Bonchev–Trinajstić information content (AvgIpc) is 3.30. The maximum atomic E-state index is 12.7. The molecule has 6 heteroatoms. The Morgan fingerprint density at radius 3 is 2.70 bits per heavy atom. The minimum Gasteiger partial charge on any atom is -0.477 e. The van der Waals surface area contributed by atoms with Gasteiger partial charge < -0.3 is 10.8 Å². The second kappa shape index (κ2) is 5.78. The van der Waals surface area contributed by atoms with Crippen molar-refractivity contribution < 1.29 is 9.90 Å². The summed E-state index contributed by atoms with van der Waals surface area (Å²) in [5.74, 6) is -0.823. The highest BCUT2D eigenvalue weighted by molar-refractivity contribution is 7.15. The number of carboxylic acids is 1. The average molecular weight is 380 g/mol. The van der Waals surface area contributed by atoms with Crippen LogP contribution < -0.4 is 11.3 Å². The molecule has 3 heterocycles. The molecule has 0 radical (unpaired) electrons. The molecule has 3 N–H and O–H groups in total. The summed E-state index contributed by atoms with van der Waals surface area (Å²) in [6, 6.07) is 5.84. The quantitative estimate of drug-likeness (QED) is 0.723. The second-order valence-corrected chi connectivity index (χ2v) is 8.74. The van der Waals surface area contributed by atoms with Crippen LogP contribution in [0.5, 0.6) is 0 Å². The fourth-order valence-electron chi connectivity index (χ4n) is 4.25. The lowest BCUT2D eigenvalue weighted by Crippen LogP contribution is -2.23. The summed E-state index contributed by atoms with van der Waals surface area (Å²) in [6.45, 7) is 2.03. The van der Waals surface area contributed by atoms with Gasteiger partial charge in [0.15, 0.2) is 0 Å². The van der Waals surface area contributed by atoms with Gasteiger partial charge in [0, 0.05) is 22.0 Å². The number of thiophene rings is 1. The van der Waals surface area contributed by atoms with Crippen LogP contribution in [0, 0.1) is 6.92 Å². The molecule has 0 spiro atoms. The minimum atomic E-state index is -1.17. The lowest BCUT2D eigenvalue weighted by Gasteiger charge is -2.14. The standard InChI is InChI=1S/C21H20N2O3S/c1-10-12(18-9-14-16(22)4-5-17(14)27-18)6-7-23-19(10)13(11-2-3-11)8-15(20(23)24)21(25)26/h6-9,11,16H,2-5,22H2,1H3,(H,25,26). The lowest BCUT2D eigenvalue weighted by atomic mass is 9.99. The number of aryl methyl sites for hydroxylation is 2. The number of carbonyl (C=O) groups is 1. The van der Waals surface area contributed by atoms with E-state index in [1.165, 1.54) is 19.7 Å². The summed E-state index contributed by atoms with van der Waals surface area (Å²) in [5, 5.41) is 9.42. The van der Waals surface area contributed by atoms with Crippen LogP contribution in [0.1, 0.15) is 63.1 Å². The molecule has 2 aliphatic carbocycles. The summed E-state index contributed by atoms with van der Waals surface area (Å²) >= 11 is 1.78. The minimum absolute atomic E-state index is 0.119. The van der Waals surface area contributed by atoms with Crippen LogP contribution in [0.4, 0.5) is 0 Å². The van der Waals surface area contributed by atoms with Crippen LogP contribution in [-0.4, -0.2) is 15.5 Å². The van der Waals surface area contributed by atoms with Crippen LogP contribution in [0.15, 0.2) is 29.2 Å². The van der Waals surface area contributed by atoms with Crippen LogP contribution in [-0.2, 0) is 6.42 Å². The van der Waals surface area contributed by atoms with Gasteiger partial charge in [-0.2, -0.15) is 0 Å². The highest BCUT2D eigenvalue weighted by Crippen LogP contribution is 2.45. The molecule has 0 saturated heterocycles. The molecular formula is C21H20N2O3S. The van der Waals surface area contributed by atoms with Gasteiger partial charge in [-0.1, -0.05) is 0 Å². The van der Waals surface area contributed by atoms with Gasteiger partial charge in [0.2, 0.25) is 0 Å². The first-order valence-corrected chi connectivity index (χ1v) is 10.1. The van der Waals surface area contributed by atoms with Crippen molar-refractivity contribution in [3.8, 4) is 10.4 Å². The van der Waals surface area contributed by atoms with Crippen molar-refractivity contribution in [3.63, 3.8) is 0 Å². The molecule has 0 bridgehead atoms. The summed E-state index contributed by atoms with van der Waals surface area (Å²) < 4.78 is 1.52. The Morgan fingerprint density at radius 2 is 2.04 bits per heavy atom. The molecule has 0 aromatic carbocycles. The number of pyridine rings is 2. The number of hydrogen-bond acceptors (Lipinski definition) is 4. The highest BCUT2D eigenvalue weighted by Gasteiger charge is 2.30. The Morgan fingerprint density at radius 1 is 1.26 bits per heavy atom. The molecule has 5 nitrogen and oxygen atoms in total. The molecule has 1 unspecified atom stereocenters. The summed E-state index contributed by atoms with van der Waals surface area (Å²) in [7, 11) is 0. The molecule has 3 aromatic rings. The van der Waals surface area contributed by atoms with Crippen molar-refractivity contribution in [1.29, 1.82) is 0 Å². The normalized spacial score (nSPS) is 18.8. The molecule has 1 fully saturated rings. The highest BCUT2D eigenvalue weighted by atomic mass is 32.1. The zero-order valence-corrected chi connectivity index (χ0v) is 15.8. The Kier molecular flexibility index (Phi) is 3.58. The van der Waals surface area contributed by atoms with E-state index in [9.17, 15) is 14.7 Å². The molecule has 1 saturated carbocycles. The third-order valence-electron chi connectivity index (χ3n) is 5.85. The van der Waals surface area contributed by atoms with Gasteiger partial charge in [-0.3, -0.25) is 9.20 Å². The lowest BCUT2D eigenvalue weighted by molar-refractivity contribution is 0.0694. The topological polar surface area (TPSA) is 84.8 Å². The number of carboxylic acid groups (broad SMARTS) is 1. The van der Waals surface area contributed by atoms with E-state index in [2.05, 4.69) is 6.07 Å². The Labute approximate surface area is 160 Å². The number of nitrogens with two attached hydrogens (primary N) is 1. The van der Waals surface area contributed by atoms with Crippen molar-refractivity contribution in [1.82, 2.24) is 4.40 Å². The second-order valence-electron chi connectivity index (χ2n) is 7.61. The van der Waals surface area contributed by atoms with E-state index in [0.717, 1.165) is 47.9 Å². The summed E-state index contributed by atoms with van der Waals surface area (Å²) in [6.07, 6.45) is 5.85. The first-order valence-electron chi connectivity index (χ1n) is 9.26. The molecule has 3 aromatic heterocycles. The first-order chi connectivity index (χ1) is 13.0. The molecule has 2 aliphatic rings. The number of fused-ring (bicyclic) bond motifs is 2.